The number of nitrogens with one attached hydrogen (secondary N) is 1. The van der Waals surface area contributed by atoms with Gasteiger partial charge in [-0.05, 0) is 29.9 Å². The zero-order valence-corrected chi connectivity index (χ0v) is 16.3. The van der Waals surface area contributed by atoms with Gasteiger partial charge in [-0.3, -0.25) is 0 Å². The van der Waals surface area contributed by atoms with Gasteiger partial charge in [0.1, 0.15) is 23.2 Å². The summed E-state index contributed by atoms with van der Waals surface area (Å²) < 4.78 is 56.0. The minimum Gasteiger partial charge on any atom is -0.339 e. The number of para-hydroxylation sites is 1. The molecule has 148 valence electrons. The standard InChI is InChI=1S/C21H21F4N3/c1-10(2)13-7-6-8-14(11(3)4)20(13)27-12(5)28-21-18(24)16(22)15(9-26)17(23)19(21)25/h6-8,10-11H,1-5H3,(H,27,28). The summed E-state index contributed by atoms with van der Waals surface area (Å²) in [5, 5.41) is 11.0. The van der Waals surface area contributed by atoms with Crippen molar-refractivity contribution >= 4 is 17.2 Å². The molecule has 0 saturated heterocycles. The molecule has 2 rings (SSSR count). The summed E-state index contributed by atoms with van der Waals surface area (Å²) in [5.74, 6) is -6.51. The van der Waals surface area contributed by atoms with E-state index in [1.807, 2.05) is 45.9 Å². The topological polar surface area (TPSA) is 48.2 Å². The average molecular weight is 391 g/mol. The summed E-state index contributed by atoms with van der Waals surface area (Å²) in [6.07, 6.45) is 0. The molecule has 7 heteroatoms. The van der Waals surface area contributed by atoms with Crippen molar-refractivity contribution in [2.24, 2.45) is 4.99 Å². The highest BCUT2D eigenvalue weighted by Crippen LogP contribution is 2.35. The minimum absolute atomic E-state index is 0.0521. The molecule has 0 amide bonds. The second-order valence-electron chi connectivity index (χ2n) is 7.03. The van der Waals surface area contributed by atoms with Gasteiger partial charge < -0.3 is 5.32 Å². The second-order valence-corrected chi connectivity index (χ2v) is 7.03. The lowest BCUT2D eigenvalue weighted by atomic mass is 9.93. The molecule has 2 aromatic rings. The molecule has 0 aliphatic carbocycles. The fourth-order valence-electron chi connectivity index (χ4n) is 2.86. The molecule has 0 bridgehead atoms. The number of anilines is 1. The number of hydrogen-bond donors (Lipinski definition) is 1. The van der Waals surface area contributed by atoms with Crippen LogP contribution in [0, 0.1) is 34.6 Å². The molecule has 0 saturated carbocycles. The largest absolute Gasteiger partial charge is 0.339 e. The van der Waals surface area contributed by atoms with E-state index in [9.17, 15) is 17.6 Å². The zero-order valence-electron chi connectivity index (χ0n) is 16.3. The maximum Gasteiger partial charge on any atom is 0.186 e. The Bertz CT molecular complexity index is 917. The summed E-state index contributed by atoms with van der Waals surface area (Å²) in [4.78, 5) is 4.44. The molecule has 1 N–H and O–H groups in total. The van der Waals surface area contributed by atoms with Crippen molar-refractivity contribution in [2.45, 2.75) is 46.5 Å². The molecule has 3 nitrogen and oxygen atoms in total. The molecule has 0 aromatic heterocycles. The van der Waals surface area contributed by atoms with Gasteiger partial charge in [-0.15, -0.1) is 0 Å². The molecule has 2 aromatic carbocycles. The van der Waals surface area contributed by atoms with Gasteiger partial charge in [-0.1, -0.05) is 45.9 Å². The fourth-order valence-corrected chi connectivity index (χ4v) is 2.86. The first-order valence-electron chi connectivity index (χ1n) is 8.81. The minimum atomic E-state index is -1.75. The van der Waals surface area contributed by atoms with E-state index < -0.39 is 34.5 Å². The maximum absolute atomic E-state index is 14.2. The van der Waals surface area contributed by atoms with E-state index in [1.165, 1.54) is 6.92 Å². The lowest BCUT2D eigenvalue weighted by Crippen LogP contribution is -2.14. The van der Waals surface area contributed by atoms with E-state index in [1.54, 1.807) is 0 Å². The monoisotopic (exact) mass is 391 g/mol. The molecule has 0 aliphatic rings. The quantitative estimate of drug-likeness (QED) is 0.279. The van der Waals surface area contributed by atoms with Crippen LogP contribution in [0.3, 0.4) is 0 Å². The van der Waals surface area contributed by atoms with Crippen LogP contribution in [0.25, 0.3) is 0 Å². The predicted octanol–water partition coefficient (Wildman–Crippen LogP) is 6.52. The third kappa shape index (κ3) is 4.01. The van der Waals surface area contributed by atoms with Gasteiger partial charge in [0.15, 0.2) is 23.3 Å². The smallest absolute Gasteiger partial charge is 0.186 e. The predicted molar refractivity (Wildman–Crippen MR) is 102 cm³/mol. The van der Waals surface area contributed by atoms with E-state index in [-0.39, 0.29) is 17.7 Å². The van der Waals surface area contributed by atoms with E-state index in [2.05, 4.69) is 10.3 Å². The first-order chi connectivity index (χ1) is 13.1. The summed E-state index contributed by atoms with van der Waals surface area (Å²) >= 11 is 0. The Hall–Kier alpha value is -2.88. The molecular formula is C21H21F4N3. The Balaban J connectivity index is 2.58. The Kier molecular flexibility index (Phi) is 6.45. The first kappa shape index (κ1) is 21.4. The molecule has 0 heterocycles. The average Bonchev–Trinajstić information content (AvgIpc) is 2.64. The van der Waals surface area contributed by atoms with Gasteiger partial charge >= 0.3 is 0 Å². The number of hydrogen-bond acceptors (Lipinski definition) is 2. The van der Waals surface area contributed by atoms with Crippen molar-refractivity contribution in [1.82, 2.24) is 0 Å². The van der Waals surface area contributed by atoms with Crippen molar-refractivity contribution in [3.8, 4) is 6.07 Å². The highest BCUT2D eigenvalue weighted by atomic mass is 19.2. The summed E-state index contributed by atoms with van der Waals surface area (Å²) in [7, 11) is 0. The first-order valence-corrected chi connectivity index (χ1v) is 8.81. The molecule has 0 radical (unpaired) electrons. The highest BCUT2D eigenvalue weighted by molar-refractivity contribution is 5.96. The molecule has 0 aliphatic heterocycles. The van der Waals surface area contributed by atoms with Crippen LogP contribution in [-0.2, 0) is 0 Å². The lowest BCUT2D eigenvalue weighted by molar-refractivity contribution is 0.455. The van der Waals surface area contributed by atoms with Crippen LogP contribution in [0.4, 0.5) is 28.9 Å². The van der Waals surface area contributed by atoms with Crippen LogP contribution >= 0.6 is 0 Å². The zero-order chi connectivity index (χ0) is 21.2. The van der Waals surface area contributed by atoms with Crippen molar-refractivity contribution in [2.75, 3.05) is 5.32 Å². The number of nitrogens with zero attached hydrogens (tertiary/aromatic N) is 2. The second kappa shape index (κ2) is 8.42. The van der Waals surface area contributed by atoms with E-state index >= 15 is 0 Å². The highest BCUT2D eigenvalue weighted by Gasteiger charge is 2.26. The van der Waals surface area contributed by atoms with Crippen LogP contribution in [0.15, 0.2) is 23.2 Å². The van der Waals surface area contributed by atoms with Gasteiger partial charge in [0.25, 0.3) is 0 Å². The number of benzene rings is 2. The maximum atomic E-state index is 14.2. The number of nitriles is 1. The van der Waals surface area contributed by atoms with Gasteiger partial charge in [-0.25, -0.2) is 22.6 Å². The van der Waals surface area contributed by atoms with Crippen LogP contribution in [0.1, 0.15) is 63.1 Å². The Morgan fingerprint density at radius 2 is 1.39 bits per heavy atom. The van der Waals surface area contributed by atoms with Crippen molar-refractivity contribution < 1.29 is 17.6 Å². The van der Waals surface area contributed by atoms with Crippen molar-refractivity contribution in [3.05, 3.63) is 58.2 Å². The Labute approximate surface area is 161 Å². The number of amidine groups is 1. The third-order valence-electron chi connectivity index (χ3n) is 4.30. The van der Waals surface area contributed by atoms with Crippen LogP contribution in [0.2, 0.25) is 0 Å². The SMILES string of the molecule is CC(=Nc1c(C(C)C)cccc1C(C)C)Nc1c(F)c(F)c(C#N)c(F)c1F. The molecular weight excluding hydrogens is 370 g/mol. The fraction of sp³-hybridized carbons (Fsp3) is 0.333. The summed E-state index contributed by atoms with van der Waals surface area (Å²) in [6, 6.07) is 6.85. The van der Waals surface area contributed by atoms with Crippen molar-refractivity contribution in [3.63, 3.8) is 0 Å². The normalized spacial score (nSPS) is 11.9. The van der Waals surface area contributed by atoms with Crippen LogP contribution in [0.5, 0.6) is 0 Å². The van der Waals surface area contributed by atoms with E-state index in [0.717, 1.165) is 17.2 Å². The van der Waals surface area contributed by atoms with Gasteiger partial charge in [0, 0.05) is 0 Å². The number of aliphatic imine (C=N–C) groups is 1. The van der Waals surface area contributed by atoms with Gasteiger partial charge in [-0.2, -0.15) is 5.26 Å². The summed E-state index contributed by atoms with van der Waals surface area (Å²) in [6.45, 7) is 9.41. The molecule has 28 heavy (non-hydrogen) atoms. The van der Waals surface area contributed by atoms with Crippen LogP contribution in [-0.4, -0.2) is 5.84 Å². The van der Waals surface area contributed by atoms with Crippen LogP contribution < -0.4 is 5.32 Å². The van der Waals surface area contributed by atoms with Gasteiger partial charge in [0.05, 0.1) is 5.69 Å². The molecule has 0 spiro atoms. The molecule has 0 fully saturated rings. The number of halogens is 4. The Morgan fingerprint density at radius 1 is 0.929 bits per heavy atom. The van der Waals surface area contributed by atoms with E-state index in [0.29, 0.717) is 5.69 Å². The third-order valence-corrected chi connectivity index (χ3v) is 4.30. The van der Waals surface area contributed by atoms with Gasteiger partial charge in [0.2, 0.25) is 0 Å². The summed E-state index contributed by atoms with van der Waals surface area (Å²) in [5.41, 5.74) is 0.189. The Morgan fingerprint density at radius 3 is 1.79 bits per heavy atom. The molecule has 0 atom stereocenters. The van der Waals surface area contributed by atoms with E-state index in [4.69, 9.17) is 5.26 Å². The number of rotatable bonds is 4. The van der Waals surface area contributed by atoms with Crippen molar-refractivity contribution in [1.29, 1.82) is 5.26 Å². The lowest BCUT2D eigenvalue weighted by Gasteiger charge is -2.17. The molecule has 0 unspecified atom stereocenters.